The lowest BCUT2D eigenvalue weighted by atomic mass is 9.87. The summed E-state index contributed by atoms with van der Waals surface area (Å²) in [6.45, 7) is -0.329. The molecule has 3 atom stereocenters. The maximum Gasteiger partial charge on any atom is 0.427 e. The van der Waals surface area contributed by atoms with E-state index in [1.807, 2.05) is 11.4 Å². The van der Waals surface area contributed by atoms with E-state index in [-0.39, 0.29) is 19.1 Å². The number of piperidine rings is 1. The minimum absolute atomic E-state index is 0.0893. The van der Waals surface area contributed by atoms with Crippen molar-refractivity contribution in [2.24, 2.45) is 0 Å². The van der Waals surface area contributed by atoms with Gasteiger partial charge in [0.05, 0.1) is 24.9 Å². The molecule has 2 N–H and O–H groups in total. The Balaban J connectivity index is 1.49. The van der Waals surface area contributed by atoms with Crippen LogP contribution in [0.5, 0.6) is 0 Å². The summed E-state index contributed by atoms with van der Waals surface area (Å²) in [5.41, 5.74) is -0.421. The van der Waals surface area contributed by atoms with Crippen LogP contribution >= 0.6 is 0 Å². The molecule has 1 saturated carbocycles. The second-order valence-corrected chi connectivity index (χ2v) is 10.0. The zero-order valence-corrected chi connectivity index (χ0v) is 17.4. The van der Waals surface area contributed by atoms with E-state index in [0.29, 0.717) is 24.7 Å². The van der Waals surface area contributed by atoms with Crippen LogP contribution in [-0.2, 0) is 20.8 Å². The Bertz CT molecular complexity index is 568. The van der Waals surface area contributed by atoms with Gasteiger partial charge in [-0.2, -0.15) is 17.7 Å². The highest BCUT2D eigenvalue weighted by atomic mass is 32.2. The summed E-state index contributed by atoms with van der Waals surface area (Å²) in [7, 11) is 1.92. The average Bonchev–Trinajstić information content (AvgIpc) is 3.35. The lowest BCUT2D eigenvalue weighted by Crippen LogP contribution is -2.49. The molecular formula is C18H30F3N2O5S+. The maximum absolute atomic E-state index is 12.7. The smallest absolute Gasteiger partial charge is 0.427 e. The number of carbonyl (C=O) groups is 1. The Morgan fingerprint density at radius 2 is 1.97 bits per heavy atom. The third kappa shape index (κ3) is 5.30. The minimum atomic E-state index is -4.80. The highest BCUT2D eigenvalue weighted by molar-refractivity contribution is 7.89. The van der Waals surface area contributed by atoms with E-state index in [1.165, 1.54) is 4.90 Å². The number of alkyl halides is 3. The van der Waals surface area contributed by atoms with Crippen LogP contribution in [0.2, 0.25) is 0 Å². The first-order valence-electron chi connectivity index (χ1n) is 10.1. The molecule has 3 aliphatic rings. The predicted octanol–water partition coefficient (Wildman–Crippen LogP) is 2.55. The standard InChI is InChI=1S/C18H30F3N2O5S/c1-22(29(26)14-4-2-3-5-14)13-10-17(27-12-13)6-8-23(9-7-17)16(25)28-15(11-24)18(19,20)21/h13-15,24,26H,2-12H2,1H3/q+1. The summed E-state index contributed by atoms with van der Waals surface area (Å²) in [6.07, 6.45) is -2.23. The van der Waals surface area contributed by atoms with Gasteiger partial charge in [-0.25, -0.2) is 4.79 Å². The highest BCUT2D eigenvalue weighted by Gasteiger charge is 2.50. The van der Waals surface area contributed by atoms with Crippen molar-refractivity contribution in [3.05, 3.63) is 0 Å². The summed E-state index contributed by atoms with van der Waals surface area (Å²) in [4.78, 5) is 13.3. The van der Waals surface area contributed by atoms with Crippen LogP contribution in [0.25, 0.3) is 0 Å². The maximum atomic E-state index is 12.7. The number of amides is 1. The Morgan fingerprint density at radius 3 is 2.52 bits per heavy atom. The van der Waals surface area contributed by atoms with Crippen molar-refractivity contribution in [1.82, 2.24) is 9.21 Å². The fraction of sp³-hybridized carbons (Fsp3) is 0.944. The van der Waals surface area contributed by atoms with Crippen molar-refractivity contribution in [3.63, 3.8) is 0 Å². The van der Waals surface area contributed by atoms with Gasteiger partial charge < -0.3 is 19.5 Å². The molecule has 2 heterocycles. The molecule has 0 aromatic heterocycles. The van der Waals surface area contributed by atoms with Crippen LogP contribution in [0.15, 0.2) is 0 Å². The van der Waals surface area contributed by atoms with Crippen molar-refractivity contribution >= 4 is 17.5 Å². The molecule has 29 heavy (non-hydrogen) atoms. The van der Waals surface area contributed by atoms with Gasteiger partial charge in [-0.15, -0.1) is 0 Å². The second kappa shape index (κ2) is 9.17. The van der Waals surface area contributed by atoms with E-state index in [4.69, 9.17) is 9.84 Å². The Morgan fingerprint density at radius 1 is 1.34 bits per heavy atom. The van der Waals surface area contributed by atoms with Crippen molar-refractivity contribution < 1.29 is 37.1 Å². The zero-order valence-electron chi connectivity index (χ0n) is 16.6. The summed E-state index contributed by atoms with van der Waals surface area (Å²) in [5, 5.41) is 9.14. The number of nitrogens with zero attached hydrogens (tertiary/aromatic N) is 2. The lowest BCUT2D eigenvalue weighted by Gasteiger charge is -2.38. The quantitative estimate of drug-likeness (QED) is 0.636. The molecule has 7 nitrogen and oxygen atoms in total. The van der Waals surface area contributed by atoms with Crippen molar-refractivity contribution in [2.45, 2.75) is 74.1 Å². The summed E-state index contributed by atoms with van der Waals surface area (Å²) >= 11 is -0.793. The fourth-order valence-electron chi connectivity index (χ4n) is 4.39. The highest BCUT2D eigenvalue weighted by Crippen LogP contribution is 2.39. The van der Waals surface area contributed by atoms with E-state index in [1.54, 1.807) is 0 Å². The molecule has 0 radical (unpaired) electrons. The monoisotopic (exact) mass is 443 g/mol. The lowest BCUT2D eigenvalue weighted by molar-refractivity contribution is -0.215. The Hall–Kier alpha value is -0.750. The molecule has 3 fully saturated rings. The van der Waals surface area contributed by atoms with Crippen molar-refractivity contribution in [3.8, 4) is 0 Å². The van der Waals surface area contributed by atoms with Gasteiger partial charge in [0.1, 0.15) is 0 Å². The topological polar surface area (TPSA) is 82.5 Å². The van der Waals surface area contributed by atoms with Crippen LogP contribution in [-0.4, -0.2) is 87.5 Å². The van der Waals surface area contributed by atoms with E-state index in [9.17, 15) is 22.5 Å². The minimum Gasteiger partial charge on any atom is -0.434 e. The molecule has 1 spiro atoms. The number of likely N-dealkylation sites (tertiary alicyclic amines) is 1. The first-order chi connectivity index (χ1) is 13.6. The number of carbonyl (C=O) groups excluding carboxylic acids is 1. The number of ether oxygens (including phenoxy) is 2. The summed E-state index contributed by atoms with van der Waals surface area (Å²) in [5.74, 6) is 0. The molecule has 2 aliphatic heterocycles. The molecule has 1 aliphatic carbocycles. The Kier molecular flexibility index (Phi) is 7.25. The number of hydrogen-bond donors (Lipinski definition) is 2. The van der Waals surface area contributed by atoms with Gasteiger partial charge in [0, 0.05) is 33.0 Å². The van der Waals surface area contributed by atoms with Crippen LogP contribution < -0.4 is 0 Å². The summed E-state index contributed by atoms with van der Waals surface area (Å²) < 4.78 is 61.2. The summed E-state index contributed by atoms with van der Waals surface area (Å²) in [6, 6.07) is 0.0893. The van der Waals surface area contributed by atoms with Gasteiger partial charge in [-0.1, -0.05) is 4.31 Å². The van der Waals surface area contributed by atoms with Gasteiger partial charge >= 0.3 is 12.3 Å². The molecule has 11 heteroatoms. The molecule has 3 rings (SSSR count). The van der Waals surface area contributed by atoms with Crippen LogP contribution in [0.4, 0.5) is 18.0 Å². The SMILES string of the molecule is CN(C1COC2(CCN(C(=O)OC(CO)C(F)(F)F)CC2)C1)[S+](O)C1CCCC1. The largest absolute Gasteiger partial charge is 0.434 e. The van der Waals surface area contributed by atoms with E-state index < -0.39 is 41.9 Å². The molecule has 3 unspecified atom stereocenters. The van der Waals surface area contributed by atoms with Gasteiger partial charge in [0.2, 0.25) is 17.5 Å². The first-order valence-corrected chi connectivity index (χ1v) is 11.3. The van der Waals surface area contributed by atoms with Gasteiger partial charge in [0.15, 0.2) is 5.25 Å². The zero-order chi connectivity index (χ0) is 21.2. The Labute approximate surface area is 171 Å². The molecule has 2 saturated heterocycles. The average molecular weight is 444 g/mol. The molecule has 1 amide bonds. The normalized spacial score (nSPS) is 27.6. The second-order valence-electron chi connectivity index (χ2n) is 8.18. The fourth-order valence-corrected chi connectivity index (χ4v) is 6.06. The van der Waals surface area contributed by atoms with Crippen LogP contribution in [0, 0.1) is 0 Å². The van der Waals surface area contributed by atoms with Crippen molar-refractivity contribution in [2.75, 3.05) is 33.4 Å². The van der Waals surface area contributed by atoms with Crippen LogP contribution in [0.3, 0.4) is 0 Å². The number of likely N-dealkylation sites (N-methyl/N-ethyl adjacent to an activating group) is 1. The van der Waals surface area contributed by atoms with Crippen LogP contribution in [0.1, 0.15) is 44.9 Å². The van der Waals surface area contributed by atoms with E-state index >= 15 is 0 Å². The number of aliphatic hydroxyl groups excluding tert-OH is 1. The third-order valence-corrected chi connectivity index (χ3v) is 8.26. The molecule has 0 aromatic rings. The molecule has 168 valence electrons. The predicted molar refractivity (Wildman–Crippen MR) is 101 cm³/mol. The number of aliphatic hydroxyl groups is 1. The number of hydrogen-bond acceptors (Lipinski definition) is 6. The van der Waals surface area contributed by atoms with E-state index in [0.717, 1.165) is 32.1 Å². The van der Waals surface area contributed by atoms with Gasteiger partial charge in [-0.05, 0) is 32.1 Å². The number of halogens is 3. The van der Waals surface area contributed by atoms with Crippen molar-refractivity contribution in [1.29, 1.82) is 0 Å². The molecule has 0 aromatic carbocycles. The first kappa shape index (κ1) is 22.9. The molecule has 0 bridgehead atoms. The molecular weight excluding hydrogens is 413 g/mol. The third-order valence-electron chi connectivity index (χ3n) is 6.31. The number of rotatable bonds is 5. The van der Waals surface area contributed by atoms with Gasteiger partial charge in [-0.3, -0.25) is 0 Å². The van der Waals surface area contributed by atoms with Gasteiger partial charge in [0.25, 0.3) is 0 Å². The van der Waals surface area contributed by atoms with E-state index in [2.05, 4.69) is 4.74 Å².